The highest BCUT2D eigenvalue weighted by Crippen LogP contribution is 2.30. The molecular formula is C13H15NO4. The summed E-state index contributed by atoms with van der Waals surface area (Å²) in [6.07, 6.45) is 0.250. The van der Waals surface area contributed by atoms with Crippen molar-refractivity contribution in [1.29, 1.82) is 0 Å². The van der Waals surface area contributed by atoms with Gasteiger partial charge in [-0.05, 0) is 17.7 Å². The van der Waals surface area contributed by atoms with Gasteiger partial charge in [0, 0.05) is 18.4 Å². The first-order valence-electron chi connectivity index (χ1n) is 5.55. The van der Waals surface area contributed by atoms with Crippen LogP contribution in [0.4, 0.5) is 0 Å². The zero-order valence-electron chi connectivity index (χ0n) is 10.3. The number of rotatable bonds is 2. The van der Waals surface area contributed by atoms with Crippen LogP contribution in [0.25, 0.3) is 0 Å². The number of nitrogens with one attached hydrogen (secondary N) is 1. The topological polar surface area (TPSA) is 72.5 Å². The highest BCUT2D eigenvalue weighted by atomic mass is 16.5. The van der Waals surface area contributed by atoms with E-state index in [0.717, 1.165) is 12.3 Å². The summed E-state index contributed by atoms with van der Waals surface area (Å²) in [5, 5.41) is 2.88. The lowest BCUT2D eigenvalue weighted by atomic mass is 9.90. The molecule has 2 rings (SSSR count). The molecule has 0 spiro atoms. The smallest absolute Gasteiger partial charge is 0.373 e. The monoisotopic (exact) mass is 249 g/mol. The van der Waals surface area contributed by atoms with Gasteiger partial charge in [-0.15, -0.1) is 0 Å². The van der Waals surface area contributed by atoms with Crippen LogP contribution in [0.3, 0.4) is 0 Å². The van der Waals surface area contributed by atoms with Gasteiger partial charge in [0.25, 0.3) is 0 Å². The van der Waals surface area contributed by atoms with Crippen molar-refractivity contribution in [3.8, 4) is 5.75 Å². The van der Waals surface area contributed by atoms with Crippen LogP contribution >= 0.6 is 0 Å². The van der Waals surface area contributed by atoms with Gasteiger partial charge in [0.2, 0.25) is 5.91 Å². The van der Waals surface area contributed by atoms with E-state index in [1.54, 1.807) is 7.11 Å². The molecule has 1 aliphatic heterocycles. The van der Waals surface area contributed by atoms with Gasteiger partial charge in [-0.2, -0.15) is 9.59 Å². The number of methoxy groups -OCH3 is 1. The highest BCUT2D eigenvalue weighted by molar-refractivity contribution is 5.82. The van der Waals surface area contributed by atoms with E-state index in [-0.39, 0.29) is 23.9 Å². The zero-order valence-corrected chi connectivity index (χ0v) is 10.3. The minimum Gasteiger partial charge on any atom is -0.497 e. The Balaban J connectivity index is 0.000000492. The molecule has 1 saturated heterocycles. The molecule has 1 aromatic carbocycles. The van der Waals surface area contributed by atoms with Gasteiger partial charge in [0.15, 0.2) is 0 Å². The molecule has 1 heterocycles. The standard InChI is InChI=1S/C12H15NO2.CO2/c1-8-11(7-13-12(8)14)9-4-3-5-10(6-9)15-2;2-1-3/h3-6,8,11H,7H2,1-2H3,(H,13,14);/t8-,11+;/m1./s1. The Morgan fingerprint density at radius 3 is 2.56 bits per heavy atom. The van der Waals surface area contributed by atoms with Crippen molar-refractivity contribution in [2.24, 2.45) is 5.92 Å². The normalized spacial score (nSPS) is 21.3. The first kappa shape index (κ1) is 13.9. The lowest BCUT2D eigenvalue weighted by molar-refractivity contribution is -0.191. The Kier molecular flexibility index (Phi) is 5.08. The molecule has 0 aliphatic carbocycles. The maximum Gasteiger partial charge on any atom is 0.373 e. The third kappa shape index (κ3) is 3.18. The third-order valence-corrected chi connectivity index (χ3v) is 3.04. The molecule has 0 radical (unpaired) electrons. The number of hydrogen-bond donors (Lipinski definition) is 1. The molecule has 0 aromatic heterocycles. The summed E-state index contributed by atoms with van der Waals surface area (Å²) < 4.78 is 5.17. The number of carbonyl (C=O) groups excluding carboxylic acids is 3. The molecule has 0 unspecified atom stereocenters. The summed E-state index contributed by atoms with van der Waals surface area (Å²) in [7, 11) is 1.65. The van der Waals surface area contributed by atoms with E-state index >= 15 is 0 Å². The van der Waals surface area contributed by atoms with Crippen molar-refractivity contribution in [1.82, 2.24) is 5.32 Å². The Morgan fingerprint density at radius 1 is 1.39 bits per heavy atom. The van der Waals surface area contributed by atoms with E-state index in [1.807, 2.05) is 31.2 Å². The van der Waals surface area contributed by atoms with Gasteiger partial charge in [-0.3, -0.25) is 4.79 Å². The van der Waals surface area contributed by atoms with Crippen molar-refractivity contribution >= 4 is 12.1 Å². The van der Waals surface area contributed by atoms with Crippen molar-refractivity contribution < 1.29 is 19.1 Å². The minimum atomic E-state index is 0.0529. The molecule has 0 bridgehead atoms. The fourth-order valence-corrected chi connectivity index (χ4v) is 2.01. The summed E-state index contributed by atoms with van der Waals surface area (Å²) in [5.74, 6) is 1.31. The molecular weight excluding hydrogens is 234 g/mol. The van der Waals surface area contributed by atoms with Crippen molar-refractivity contribution in [3.63, 3.8) is 0 Å². The Hall–Kier alpha value is -2.13. The number of benzene rings is 1. The average molecular weight is 249 g/mol. The molecule has 1 fully saturated rings. The van der Waals surface area contributed by atoms with Gasteiger partial charge >= 0.3 is 6.15 Å². The van der Waals surface area contributed by atoms with Crippen LogP contribution in [0.2, 0.25) is 0 Å². The van der Waals surface area contributed by atoms with E-state index in [4.69, 9.17) is 14.3 Å². The molecule has 1 amide bonds. The van der Waals surface area contributed by atoms with Crippen LogP contribution in [0.5, 0.6) is 5.75 Å². The lowest BCUT2D eigenvalue weighted by Gasteiger charge is -2.13. The van der Waals surface area contributed by atoms with E-state index in [2.05, 4.69) is 5.32 Å². The van der Waals surface area contributed by atoms with Crippen LogP contribution in [-0.4, -0.2) is 25.7 Å². The highest BCUT2D eigenvalue weighted by Gasteiger charge is 2.31. The average Bonchev–Trinajstić information content (AvgIpc) is 2.71. The number of hydrogen-bond acceptors (Lipinski definition) is 4. The fourth-order valence-electron chi connectivity index (χ4n) is 2.01. The van der Waals surface area contributed by atoms with E-state index in [0.29, 0.717) is 0 Å². The summed E-state index contributed by atoms with van der Waals surface area (Å²) in [6, 6.07) is 7.92. The van der Waals surface area contributed by atoms with Gasteiger partial charge in [0.05, 0.1) is 7.11 Å². The SMILES string of the molecule is COc1cccc([C@H]2CNC(=O)[C@@H]2C)c1.O=C=O. The van der Waals surface area contributed by atoms with Gasteiger partial charge < -0.3 is 10.1 Å². The van der Waals surface area contributed by atoms with Crippen molar-refractivity contribution in [2.45, 2.75) is 12.8 Å². The number of ether oxygens (including phenoxy) is 1. The second-order valence-corrected chi connectivity index (χ2v) is 4.00. The van der Waals surface area contributed by atoms with Crippen LogP contribution in [-0.2, 0) is 14.4 Å². The minimum absolute atomic E-state index is 0.0529. The Morgan fingerprint density at radius 2 is 2.06 bits per heavy atom. The predicted molar refractivity (Wildman–Crippen MR) is 62.9 cm³/mol. The lowest BCUT2D eigenvalue weighted by Crippen LogP contribution is -2.16. The fraction of sp³-hybridized carbons (Fsp3) is 0.385. The van der Waals surface area contributed by atoms with Crippen LogP contribution in [0.1, 0.15) is 18.4 Å². The summed E-state index contributed by atoms with van der Waals surface area (Å²) in [6.45, 7) is 2.69. The van der Waals surface area contributed by atoms with Crippen LogP contribution in [0, 0.1) is 5.92 Å². The number of amides is 1. The second kappa shape index (κ2) is 6.57. The molecule has 1 N–H and O–H groups in total. The van der Waals surface area contributed by atoms with Gasteiger partial charge in [0.1, 0.15) is 5.75 Å². The second-order valence-electron chi connectivity index (χ2n) is 4.00. The quantitative estimate of drug-likeness (QED) is 0.847. The van der Waals surface area contributed by atoms with Crippen molar-refractivity contribution in [2.75, 3.05) is 13.7 Å². The maximum absolute atomic E-state index is 11.4. The van der Waals surface area contributed by atoms with Gasteiger partial charge in [-0.25, -0.2) is 0 Å². The molecule has 1 aliphatic rings. The summed E-state index contributed by atoms with van der Waals surface area (Å²) in [5.41, 5.74) is 1.17. The molecule has 18 heavy (non-hydrogen) atoms. The molecule has 5 heteroatoms. The third-order valence-electron chi connectivity index (χ3n) is 3.04. The summed E-state index contributed by atoms with van der Waals surface area (Å²) >= 11 is 0. The largest absolute Gasteiger partial charge is 0.497 e. The molecule has 1 aromatic rings. The Labute approximate surface area is 105 Å². The molecule has 0 saturated carbocycles. The first-order chi connectivity index (χ1) is 8.63. The predicted octanol–water partition coefficient (Wildman–Crippen LogP) is 0.961. The van der Waals surface area contributed by atoms with E-state index in [9.17, 15) is 4.79 Å². The van der Waals surface area contributed by atoms with E-state index in [1.165, 1.54) is 5.56 Å². The molecule has 96 valence electrons. The summed E-state index contributed by atoms with van der Waals surface area (Å²) in [4.78, 5) is 27.6. The Bertz CT molecular complexity index is 452. The van der Waals surface area contributed by atoms with Gasteiger partial charge in [-0.1, -0.05) is 19.1 Å². The maximum atomic E-state index is 11.4. The van der Waals surface area contributed by atoms with Crippen molar-refractivity contribution in [3.05, 3.63) is 29.8 Å². The van der Waals surface area contributed by atoms with Crippen LogP contribution in [0.15, 0.2) is 24.3 Å². The zero-order chi connectivity index (χ0) is 13.5. The van der Waals surface area contributed by atoms with Crippen LogP contribution < -0.4 is 10.1 Å². The molecule has 2 atom stereocenters. The number of carbonyl (C=O) groups is 1. The first-order valence-corrected chi connectivity index (χ1v) is 5.55. The van der Waals surface area contributed by atoms with E-state index < -0.39 is 0 Å². The molecule has 5 nitrogen and oxygen atoms in total.